The molecule has 1 atom stereocenters. The molecule has 0 N–H and O–H groups in total. The van der Waals surface area contributed by atoms with Crippen molar-refractivity contribution in [1.29, 1.82) is 0 Å². The molecular weight excluding hydrogens is 290 g/mol. The standard InChI is InChI=1S/C19H19NOS/c1-15(17-10-6-3-7-11-17)20-13-18(12-19(20)21)22-14-16-8-4-2-5-9-16/h2-12,15H,13-14H2,1H3/t15-/m0/s1. The molecule has 0 saturated heterocycles. The number of hydrogen-bond acceptors (Lipinski definition) is 2. The monoisotopic (exact) mass is 309 g/mol. The average Bonchev–Trinajstić information content (AvgIpc) is 2.95. The minimum atomic E-state index is 0.111. The predicted molar refractivity (Wildman–Crippen MR) is 92.4 cm³/mol. The molecule has 1 heterocycles. The third kappa shape index (κ3) is 3.42. The molecule has 112 valence electrons. The zero-order valence-corrected chi connectivity index (χ0v) is 13.4. The second kappa shape index (κ2) is 6.84. The molecule has 0 unspecified atom stereocenters. The highest BCUT2D eigenvalue weighted by molar-refractivity contribution is 8.02. The van der Waals surface area contributed by atoms with E-state index in [1.54, 1.807) is 17.8 Å². The van der Waals surface area contributed by atoms with Gasteiger partial charge in [0.2, 0.25) is 5.91 Å². The van der Waals surface area contributed by atoms with Crippen LogP contribution in [0.1, 0.15) is 24.1 Å². The first-order valence-electron chi connectivity index (χ1n) is 7.47. The SMILES string of the molecule is C[C@@H](c1ccccc1)N1CC(SCc2ccccc2)=CC1=O. The first-order chi connectivity index (χ1) is 10.7. The van der Waals surface area contributed by atoms with E-state index in [4.69, 9.17) is 0 Å². The maximum atomic E-state index is 12.2. The summed E-state index contributed by atoms with van der Waals surface area (Å²) in [6.07, 6.45) is 1.78. The molecule has 0 bridgehead atoms. The summed E-state index contributed by atoms with van der Waals surface area (Å²) in [6.45, 7) is 2.80. The van der Waals surface area contributed by atoms with Gasteiger partial charge in [-0.3, -0.25) is 4.79 Å². The molecule has 22 heavy (non-hydrogen) atoms. The van der Waals surface area contributed by atoms with Crippen LogP contribution in [0.15, 0.2) is 71.6 Å². The Morgan fingerprint density at radius 3 is 2.36 bits per heavy atom. The molecule has 2 aromatic carbocycles. The quantitative estimate of drug-likeness (QED) is 0.815. The van der Waals surface area contributed by atoms with Crippen molar-refractivity contribution in [2.45, 2.75) is 18.7 Å². The highest BCUT2D eigenvalue weighted by Gasteiger charge is 2.26. The Morgan fingerprint density at radius 2 is 1.68 bits per heavy atom. The van der Waals surface area contributed by atoms with Gasteiger partial charge in [0.15, 0.2) is 0 Å². The fourth-order valence-corrected chi connectivity index (χ4v) is 3.55. The number of rotatable bonds is 5. The molecule has 2 nitrogen and oxygen atoms in total. The lowest BCUT2D eigenvalue weighted by atomic mass is 10.1. The number of hydrogen-bond donors (Lipinski definition) is 0. The molecule has 0 fully saturated rings. The average molecular weight is 309 g/mol. The number of nitrogens with zero attached hydrogens (tertiary/aromatic N) is 1. The normalized spacial score (nSPS) is 15.8. The Kier molecular flexibility index (Phi) is 4.64. The summed E-state index contributed by atoms with van der Waals surface area (Å²) in [5, 5.41) is 0. The van der Waals surface area contributed by atoms with Crippen LogP contribution in [0.25, 0.3) is 0 Å². The van der Waals surface area contributed by atoms with E-state index in [2.05, 4.69) is 31.2 Å². The summed E-state index contributed by atoms with van der Waals surface area (Å²) in [5.74, 6) is 1.03. The van der Waals surface area contributed by atoms with E-state index in [-0.39, 0.29) is 11.9 Å². The van der Waals surface area contributed by atoms with Crippen LogP contribution in [0, 0.1) is 0 Å². The van der Waals surface area contributed by atoms with E-state index < -0.39 is 0 Å². The fourth-order valence-electron chi connectivity index (χ4n) is 2.59. The van der Waals surface area contributed by atoms with Crippen LogP contribution in [-0.4, -0.2) is 17.4 Å². The third-order valence-corrected chi connectivity index (χ3v) is 5.01. The molecule has 0 aliphatic carbocycles. The fraction of sp³-hybridized carbons (Fsp3) is 0.211. The van der Waals surface area contributed by atoms with E-state index in [1.807, 2.05) is 41.3 Å². The molecule has 3 rings (SSSR count). The Morgan fingerprint density at radius 1 is 1.05 bits per heavy atom. The van der Waals surface area contributed by atoms with Gasteiger partial charge in [-0.1, -0.05) is 60.7 Å². The van der Waals surface area contributed by atoms with Crippen LogP contribution in [0.2, 0.25) is 0 Å². The predicted octanol–water partition coefficient (Wildman–Crippen LogP) is 4.41. The Balaban J connectivity index is 1.61. The highest BCUT2D eigenvalue weighted by Crippen LogP contribution is 2.31. The maximum absolute atomic E-state index is 12.2. The number of benzene rings is 2. The van der Waals surface area contributed by atoms with E-state index in [1.165, 1.54) is 11.1 Å². The summed E-state index contributed by atoms with van der Waals surface area (Å²) >= 11 is 1.76. The second-order valence-electron chi connectivity index (χ2n) is 5.44. The van der Waals surface area contributed by atoms with Crippen LogP contribution in [0.4, 0.5) is 0 Å². The van der Waals surface area contributed by atoms with Crippen LogP contribution in [0.5, 0.6) is 0 Å². The van der Waals surface area contributed by atoms with Gasteiger partial charge in [0.05, 0.1) is 12.6 Å². The van der Waals surface area contributed by atoms with E-state index in [0.29, 0.717) is 6.54 Å². The Bertz CT molecular complexity index is 666. The minimum absolute atomic E-state index is 0.111. The van der Waals surface area contributed by atoms with E-state index >= 15 is 0 Å². The zero-order chi connectivity index (χ0) is 15.4. The first kappa shape index (κ1) is 14.9. The Labute approximate surface area is 135 Å². The molecule has 2 aromatic rings. The highest BCUT2D eigenvalue weighted by atomic mass is 32.2. The molecule has 1 aliphatic heterocycles. The summed E-state index contributed by atoms with van der Waals surface area (Å²) < 4.78 is 0. The van der Waals surface area contributed by atoms with Crippen molar-refractivity contribution < 1.29 is 4.79 Å². The van der Waals surface area contributed by atoms with Gasteiger partial charge >= 0.3 is 0 Å². The van der Waals surface area contributed by atoms with E-state index in [9.17, 15) is 4.79 Å². The van der Waals surface area contributed by atoms with Crippen molar-refractivity contribution in [2.75, 3.05) is 6.54 Å². The molecule has 0 spiro atoms. The number of thioether (sulfide) groups is 1. The lowest BCUT2D eigenvalue weighted by Gasteiger charge is -2.25. The largest absolute Gasteiger partial charge is 0.328 e. The van der Waals surface area contributed by atoms with Crippen LogP contribution in [-0.2, 0) is 10.5 Å². The number of carbonyl (C=O) groups excluding carboxylic acids is 1. The lowest BCUT2D eigenvalue weighted by Crippen LogP contribution is -2.28. The number of carbonyl (C=O) groups is 1. The molecule has 0 saturated carbocycles. The van der Waals surface area contributed by atoms with Gasteiger partial charge in [0, 0.05) is 16.7 Å². The van der Waals surface area contributed by atoms with Crippen molar-refractivity contribution >= 4 is 17.7 Å². The summed E-state index contributed by atoms with van der Waals surface area (Å²) in [5.41, 5.74) is 2.47. The second-order valence-corrected chi connectivity index (χ2v) is 6.54. The van der Waals surface area contributed by atoms with Gasteiger partial charge in [0.1, 0.15) is 0 Å². The van der Waals surface area contributed by atoms with Gasteiger partial charge in [-0.2, -0.15) is 0 Å². The summed E-state index contributed by atoms with van der Waals surface area (Å²) in [6, 6.07) is 20.7. The zero-order valence-electron chi connectivity index (χ0n) is 12.6. The van der Waals surface area contributed by atoms with Crippen molar-refractivity contribution in [3.05, 3.63) is 82.8 Å². The van der Waals surface area contributed by atoms with Gasteiger partial charge in [-0.05, 0) is 18.1 Å². The smallest absolute Gasteiger partial charge is 0.248 e. The minimum Gasteiger partial charge on any atom is -0.328 e. The molecular formula is C19H19NOS. The maximum Gasteiger partial charge on any atom is 0.248 e. The molecule has 1 amide bonds. The van der Waals surface area contributed by atoms with Crippen LogP contribution in [0.3, 0.4) is 0 Å². The molecule has 0 aromatic heterocycles. The lowest BCUT2D eigenvalue weighted by molar-refractivity contribution is -0.126. The van der Waals surface area contributed by atoms with Gasteiger partial charge in [-0.15, -0.1) is 11.8 Å². The van der Waals surface area contributed by atoms with Crippen molar-refractivity contribution in [3.63, 3.8) is 0 Å². The van der Waals surface area contributed by atoms with Crippen molar-refractivity contribution in [2.24, 2.45) is 0 Å². The van der Waals surface area contributed by atoms with Gasteiger partial charge in [-0.25, -0.2) is 0 Å². The number of amides is 1. The van der Waals surface area contributed by atoms with Gasteiger partial charge in [0.25, 0.3) is 0 Å². The van der Waals surface area contributed by atoms with Crippen molar-refractivity contribution in [1.82, 2.24) is 4.90 Å². The summed E-state index contributed by atoms with van der Waals surface area (Å²) in [4.78, 5) is 15.3. The molecule has 1 aliphatic rings. The Hall–Kier alpha value is -2.00. The molecule has 0 radical (unpaired) electrons. The van der Waals surface area contributed by atoms with Crippen LogP contribution < -0.4 is 0 Å². The summed E-state index contributed by atoms with van der Waals surface area (Å²) in [7, 11) is 0. The topological polar surface area (TPSA) is 20.3 Å². The first-order valence-corrected chi connectivity index (χ1v) is 8.45. The molecule has 3 heteroatoms. The van der Waals surface area contributed by atoms with E-state index in [0.717, 1.165) is 10.7 Å². The van der Waals surface area contributed by atoms with Crippen molar-refractivity contribution in [3.8, 4) is 0 Å². The third-order valence-electron chi connectivity index (χ3n) is 3.91. The van der Waals surface area contributed by atoms with Crippen LogP contribution >= 0.6 is 11.8 Å². The van der Waals surface area contributed by atoms with Gasteiger partial charge < -0.3 is 4.90 Å².